The summed E-state index contributed by atoms with van der Waals surface area (Å²) in [5.74, 6) is 0. The van der Waals surface area contributed by atoms with Crippen LogP contribution in [0.4, 0.5) is 5.69 Å². The maximum Gasteiger partial charge on any atom is 0.210 e. The van der Waals surface area contributed by atoms with Gasteiger partial charge in [0.1, 0.15) is 0 Å². The second-order valence-corrected chi connectivity index (χ2v) is 11.6. The summed E-state index contributed by atoms with van der Waals surface area (Å²) in [5.41, 5.74) is 11.7. The lowest BCUT2D eigenvalue weighted by Gasteiger charge is -2.16. The zero-order chi connectivity index (χ0) is 30.6. The highest BCUT2D eigenvalue weighted by Crippen LogP contribution is 2.44. The predicted octanol–water partition coefficient (Wildman–Crippen LogP) is 11.8. The van der Waals surface area contributed by atoms with E-state index in [4.69, 9.17) is 6.57 Å². The Morgan fingerprint density at radius 1 is 0.413 bits per heavy atom. The molecule has 9 rings (SSSR count). The molecular formula is C43H27N3. The van der Waals surface area contributed by atoms with Crippen molar-refractivity contribution in [2.75, 3.05) is 0 Å². The summed E-state index contributed by atoms with van der Waals surface area (Å²) in [4.78, 5) is 3.98. The molecule has 0 atom stereocenters. The number of fused-ring (bicyclic) bond motifs is 6. The third-order valence-corrected chi connectivity index (χ3v) is 9.14. The molecule has 0 unspecified atom stereocenters. The van der Waals surface area contributed by atoms with Crippen LogP contribution in [0.15, 0.2) is 164 Å². The molecule has 0 aliphatic heterocycles. The summed E-state index contributed by atoms with van der Waals surface area (Å²) in [6.45, 7) is 8.10. The van der Waals surface area contributed by atoms with Crippen LogP contribution in [0.25, 0.3) is 82.1 Å². The highest BCUT2D eigenvalue weighted by Gasteiger charge is 2.22. The Morgan fingerprint density at radius 2 is 1.00 bits per heavy atom. The summed E-state index contributed by atoms with van der Waals surface area (Å²) in [5, 5.41) is 4.75. The molecule has 0 spiro atoms. The van der Waals surface area contributed by atoms with Crippen LogP contribution in [0.3, 0.4) is 0 Å². The van der Waals surface area contributed by atoms with E-state index >= 15 is 0 Å². The molecule has 3 heteroatoms. The van der Waals surface area contributed by atoms with Crippen molar-refractivity contribution in [3.8, 4) is 33.6 Å². The Bertz CT molecular complexity index is 2630. The number of hydrogen-bond donors (Lipinski definition) is 0. The highest BCUT2D eigenvalue weighted by atomic mass is 15.0. The molecule has 0 amide bonds. The minimum absolute atomic E-state index is 0.623. The zero-order valence-electron chi connectivity index (χ0n) is 24.9. The first-order chi connectivity index (χ1) is 22.8. The predicted molar refractivity (Wildman–Crippen MR) is 192 cm³/mol. The van der Waals surface area contributed by atoms with E-state index in [1.165, 1.54) is 21.8 Å². The topological polar surface area (TPSA) is 14.2 Å². The smallest absolute Gasteiger partial charge is 0.210 e. The van der Waals surface area contributed by atoms with Crippen LogP contribution >= 0.6 is 0 Å². The lowest BCUT2D eigenvalue weighted by molar-refractivity contribution is 1.18. The summed E-state index contributed by atoms with van der Waals surface area (Å²) in [7, 11) is 0. The van der Waals surface area contributed by atoms with Crippen molar-refractivity contribution in [3.05, 3.63) is 175 Å². The van der Waals surface area contributed by atoms with Crippen molar-refractivity contribution in [2.24, 2.45) is 0 Å². The van der Waals surface area contributed by atoms with Gasteiger partial charge in [-0.2, -0.15) is 0 Å². The van der Waals surface area contributed by atoms with Gasteiger partial charge in [0, 0.05) is 38.4 Å². The second kappa shape index (κ2) is 10.4. The number of hydrogen-bond acceptors (Lipinski definition) is 0. The average molecular weight is 586 g/mol. The molecule has 0 N–H and O–H groups in total. The van der Waals surface area contributed by atoms with E-state index in [9.17, 15) is 0 Å². The second-order valence-electron chi connectivity index (χ2n) is 11.6. The van der Waals surface area contributed by atoms with Crippen LogP contribution < -0.4 is 0 Å². The van der Waals surface area contributed by atoms with Crippen molar-refractivity contribution in [1.29, 1.82) is 0 Å². The summed E-state index contributed by atoms with van der Waals surface area (Å²) >= 11 is 0. The Hall–Kier alpha value is -6.37. The normalized spacial score (nSPS) is 11.5. The summed E-state index contributed by atoms with van der Waals surface area (Å²) < 4.78 is 4.71. The SMILES string of the molecule is [C-]#[N+]c1ccccc1-n1c2cc(-c3ccccc3)ccc2c2cccc(-c3cccc4c5ccccc5n(-c5ccccc5)c34)c21. The Balaban J connectivity index is 1.45. The molecule has 0 aliphatic carbocycles. The van der Waals surface area contributed by atoms with Crippen molar-refractivity contribution < 1.29 is 0 Å². The van der Waals surface area contributed by atoms with Gasteiger partial charge in [-0.3, -0.25) is 0 Å². The number of benzene rings is 7. The largest absolute Gasteiger partial charge is 0.318 e. The van der Waals surface area contributed by atoms with Crippen molar-refractivity contribution >= 4 is 49.3 Å². The monoisotopic (exact) mass is 585 g/mol. The van der Waals surface area contributed by atoms with Gasteiger partial charge in [0.2, 0.25) is 5.69 Å². The van der Waals surface area contributed by atoms with Crippen LogP contribution in [0.2, 0.25) is 0 Å². The standard InChI is InChI=1S/C43H27N3/c1-44-38-23-9-11-25-40(38)46-41-28-30(29-14-4-2-5-15-29)26-27-33(41)35-20-13-22-37(43(35)46)36-21-12-19-34-32-18-8-10-24-39(32)45(42(34)36)31-16-6-3-7-17-31/h2-28H. The Labute approximate surface area is 266 Å². The Kier molecular flexibility index (Phi) is 5.88. The van der Waals surface area contributed by atoms with Gasteiger partial charge >= 0.3 is 0 Å². The van der Waals surface area contributed by atoms with Crippen molar-refractivity contribution in [1.82, 2.24) is 9.13 Å². The Morgan fingerprint density at radius 3 is 1.74 bits per heavy atom. The first-order valence-corrected chi connectivity index (χ1v) is 15.5. The lowest BCUT2D eigenvalue weighted by atomic mass is 9.98. The van der Waals surface area contributed by atoms with Crippen LogP contribution in [-0.4, -0.2) is 9.13 Å². The molecule has 0 saturated carbocycles. The van der Waals surface area contributed by atoms with Gasteiger partial charge in [-0.15, -0.1) is 0 Å². The minimum atomic E-state index is 0.623. The average Bonchev–Trinajstić information content (AvgIpc) is 3.65. The van der Waals surface area contributed by atoms with Gasteiger partial charge in [-0.25, -0.2) is 4.85 Å². The van der Waals surface area contributed by atoms with Gasteiger partial charge in [-0.1, -0.05) is 133 Å². The lowest BCUT2D eigenvalue weighted by Crippen LogP contribution is -1.98. The summed E-state index contributed by atoms with van der Waals surface area (Å²) in [6.07, 6.45) is 0. The molecule has 0 aliphatic rings. The molecular weight excluding hydrogens is 558 g/mol. The van der Waals surface area contributed by atoms with Crippen molar-refractivity contribution in [3.63, 3.8) is 0 Å². The van der Waals surface area contributed by atoms with E-state index < -0.39 is 0 Å². The fourth-order valence-electron chi connectivity index (χ4n) is 7.17. The van der Waals surface area contributed by atoms with E-state index in [1.807, 2.05) is 24.3 Å². The van der Waals surface area contributed by atoms with Gasteiger partial charge in [-0.05, 0) is 41.5 Å². The van der Waals surface area contributed by atoms with Gasteiger partial charge in [0.25, 0.3) is 0 Å². The van der Waals surface area contributed by atoms with Gasteiger partial charge in [0.15, 0.2) is 0 Å². The molecule has 3 nitrogen and oxygen atoms in total. The number of nitrogens with zero attached hydrogens (tertiary/aromatic N) is 3. The van der Waals surface area contributed by atoms with Crippen LogP contribution in [0.1, 0.15) is 0 Å². The summed E-state index contributed by atoms with van der Waals surface area (Å²) in [6, 6.07) is 57.7. The fraction of sp³-hybridized carbons (Fsp3) is 0. The molecule has 9 aromatic rings. The molecule has 7 aromatic carbocycles. The molecule has 2 aromatic heterocycles. The molecule has 0 fully saturated rings. The zero-order valence-corrected chi connectivity index (χ0v) is 24.9. The molecule has 0 bridgehead atoms. The maximum absolute atomic E-state index is 8.10. The minimum Gasteiger partial charge on any atom is -0.318 e. The molecule has 2 heterocycles. The molecule has 214 valence electrons. The van der Waals surface area contributed by atoms with E-state index in [0.717, 1.165) is 55.4 Å². The van der Waals surface area contributed by atoms with Crippen LogP contribution in [0.5, 0.6) is 0 Å². The first kappa shape index (κ1) is 26.1. The third-order valence-electron chi connectivity index (χ3n) is 9.14. The fourth-order valence-corrected chi connectivity index (χ4v) is 7.17. The van der Waals surface area contributed by atoms with Crippen LogP contribution in [0, 0.1) is 6.57 Å². The number of rotatable bonds is 4. The molecule has 46 heavy (non-hydrogen) atoms. The van der Waals surface area contributed by atoms with Gasteiger partial charge < -0.3 is 9.13 Å². The van der Waals surface area contributed by atoms with E-state index in [2.05, 4.69) is 154 Å². The van der Waals surface area contributed by atoms with Crippen LogP contribution in [-0.2, 0) is 0 Å². The molecule has 0 saturated heterocycles. The van der Waals surface area contributed by atoms with E-state index in [0.29, 0.717) is 5.69 Å². The molecule has 0 radical (unpaired) electrons. The van der Waals surface area contributed by atoms with E-state index in [1.54, 1.807) is 0 Å². The van der Waals surface area contributed by atoms with Crippen molar-refractivity contribution in [2.45, 2.75) is 0 Å². The van der Waals surface area contributed by atoms with E-state index in [-0.39, 0.29) is 0 Å². The van der Waals surface area contributed by atoms with Gasteiger partial charge in [0.05, 0.1) is 34.3 Å². The maximum atomic E-state index is 8.10. The third kappa shape index (κ3) is 3.84. The first-order valence-electron chi connectivity index (χ1n) is 15.5. The number of para-hydroxylation sites is 6. The quantitative estimate of drug-likeness (QED) is 0.182. The highest BCUT2D eigenvalue weighted by molar-refractivity contribution is 6.19. The number of aromatic nitrogens is 2.